The van der Waals surface area contributed by atoms with Crippen LogP contribution in [0.3, 0.4) is 0 Å². The predicted octanol–water partition coefficient (Wildman–Crippen LogP) is 2.28. The second-order valence-corrected chi connectivity index (χ2v) is 4.02. The molecule has 6 nitrogen and oxygen atoms in total. The third kappa shape index (κ3) is 2.86. The number of furan rings is 1. The molecule has 4 N–H and O–H groups in total. The Labute approximate surface area is 113 Å². The number of amidine groups is 1. The maximum absolute atomic E-state index is 11.8. The van der Waals surface area contributed by atoms with E-state index >= 15 is 0 Å². The van der Waals surface area contributed by atoms with Crippen molar-refractivity contribution >= 4 is 29.0 Å². The van der Waals surface area contributed by atoms with Gasteiger partial charge in [0.15, 0.2) is 11.6 Å². The molecule has 19 heavy (non-hydrogen) atoms. The summed E-state index contributed by atoms with van der Waals surface area (Å²) in [7, 11) is 0. The van der Waals surface area contributed by atoms with Gasteiger partial charge in [0.2, 0.25) is 0 Å². The highest BCUT2D eigenvalue weighted by Gasteiger charge is 2.12. The smallest absolute Gasteiger partial charge is 0.291 e. The van der Waals surface area contributed by atoms with Crippen molar-refractivity contribution in [1.82, 2.24) is 0 Å². The topological polar surface area (TPSA) is 101 Å². The molecule has 98 valence electrons. The molecule has 2 rings (SSSR count). The van der Waals surface area contributed by atoms with E-state index in [0.29, 0.717) is 16.3 Å². The minimum absolute atomic E-state index is 0.0786. The van der Waals surface area contributed by atoms with Gasteiger partial charge in [0.05, 0.1) is 17.0 Å². The molecule has 7 heteroatoms. The fraction of sp³-hybridized carbons (Fsp3) is 0. The lowest BCUT2D eigenvalue weighted by atomic mass is 10.2. The molecule has 0 aliphatic rings. The third-order valence-corrected chi connectivity index (χ3v) is 2.69. The Balaban J connectivity index is 2.27. The van der Waals surface area contributed by atoms with E-state index in [1.807, 2.05) is 0 Å². The summed E-state index contributed by atoms with van der Waals surface area (Å²) in [6.45, 7) is 0. The van der Waals surface area contributed by atoms with Gasteiger partial charge in [0, 0.05) is 5.56 Å². The van der Waals surface area contributed by atoms with Crippen molar-refractivity contribution < 1.29 is 14.4 Å². The first-order chi connectivity index (χ1) is 9.11. The van der Waals surface area contributed by atoms with Gasteiger partial charge in [0.1, 0.15) is 0 Å². The number of benzene rings is 1. The number of rotatable bonds is 3. The monoisotopic (exact) mass is 279 g/mol. The fourth-order valence-electron chi connectivity index (χ4n) is 1.43. The quantitative estimate of drug-likeness (QED) is 0.347. The van der Waals surface area contributed by atoms with Crippen molar-refractivity contribution in [2.75, 3.05) is 5.32 Å². The number of nitrogens with zero attached hydrogens (tertiary/aromatic N) is 1. The Morgan fingerprint density at radius 1 is 1.42 bits per heavy atom. The molecule has 0 saturated heterocycles. The summed E-state index contributed by atoms with van der Waals surface area (Å²) in [4.78, 5) is 11.8. The molecule has 1 amide bonds. The van der Waals surface area contributed by atoms with E-state index in [2.05, 4.69) is 10.5 Å². The number of nitrogens with one attached hydrogen (secondary N) is 1. The van der Waals surface area contributed by atoms with Crippen LogP contribution in [-0.2, 0) is 0 Å². The highest BCUT2D eigenvalue weighted by atomic mass is 35.5. The van der Waals surface area contributed by atoms with Crippen LogP contribution < -0.4 is 11.1 Å². The average molecular weight is 280 g/mol. The molecule has 0 fully saturated rings. The zero-order valence-electron chi connectivity index (χ0n) is 9.63. The Morgan fingerprint density at radius 3 is 2.84 bits per heavy atom. The zero-order valence-corrected chi connectivity index (χ0v) is 10.4. The molecule has 2 aromatic rings. The lowest BCUT2D eigenvalue weighted by Crippen LogP contribution is -2.15. The van der Waals surface area contributed by atoms with Crippen molar-refractivity contribution in [2.24, 2.45) is 10.9 Å². The van der Waals surface area contributed by atoms with Gasteiger partial charge in [-0.15, -0.1) is 0 Å². The Hall–Kier alpha value is -2.47. The third-order valence-electron chi connectivity index (χ3n) is 2.36. The zero-order chi connectivity index (χ0) is 13.8. The Bertz CT molecular complexity index is 623. The normalized spacial score (nSPS) is 11.3. The van der Waals surface area contributed by atoms with Crippen LogP contribution in [0.2, 0.25) is 5.02 Å². The van der Waals surface area contributed by atoms with Gasteiger partial charge >= 0.3 is 0 Å². The first-order valence-corrected chi connectivity index (χ1v) is 5.62. The van der Waals surface area contributed by atoms with E-state index in [9.17, 15) is 4.79 Å². The molecule has 0 spiro atoms. The van der Waals surface area contributed by atoms with Gasteiger partial charge < -0.3 is 20.7 Å². The highest BCUT2D eigenvalue weighted by molar-refractivity contribution is 6.34. The van der Waals surface area contributed by atoms with Crippen LogP contribution in [0.4, 0.5) is 5.69 Å². The molecule has 0 aliphatic heterocycles. The SMILES string of the molecule is NC(=NO)c1ccc(Cl)c(NC(=O)c2ccco2)c1. The van der Waals surface area contributed by atoms with Gasteiger partial charge in [-0.25, -0.2) is 0 Å². The first-order valence-electron chi connectivity index (χ1n) is 5.24. The number of oxime groups is 1. The largest absolute Gasteiger partial charge is 0.459 e. The molecular formula is C12H10ClN3O3. The van der Waals surface area contributed by atoms with Crippen molar-refractivity contribution in [3.63, 3.8) is 0 Å². The molecule has 0 atom stereocenters. The van der Waals surface area contributed by atoms with E-state index in [4.69, 9.17) is 27.0 Å². The number of halogens is 1. The predicted molar refractivity (Wildman–Crippen MR) is 70.6 cm³/mol. The van der Waals surface area contributed by atoms with Crippen LogP contribution in [0.15, 0.2) is 46.2 Å². The number of hydrogen-bond acceptors (Lipinski definition) is 4. The van der Waals surface area contributed by atoms with Crippen molar-refractivity contribution in [1.29, 1.82) is 0 Å². The molecule has 1 aromatic carbocycles. The molecule has 0 saturated carbocycles. The summed E-state index contributed by atoms with van der Waals surface area (Å²) in [5.74, 6) is -0.362. The molecular weight excluding hydrogens is 270 g/mol. The average Bonchev–Trinajstić information content (AvgIpc) is 2.94. The first kappa shape index (κ1) is 13.0. The highest BCUT2D eigenvalue weighted by Crippen LogP contribution is 2.23. The van der Waals surface area contributed by atoms with Gasteiger partial charge in [0.25, 0.3) is 5.91 Å². The Morgan fingerprint density at radius 2 is 2.21 bits per heavy atom. The van der Waals surface area contributed by atoms with E-state index in [1.165, 1.54) is 24.5 Å². The van der Waals surface area contributed by atoms with Crippen LogP contribution >= 0.6 is 11.6 Å². The van der Waals surface area contributed by atoms with Crippen LogP contribution in [0.25, 0.3) is 0 Å². The summed E-state index contributed by atoms with van der Waals surface area (Å²) in [5.41, 5.74) is 6.24. The number of amides is 1. The van der Waals surface area contributed by atoms with E-state index in [-0.39, 0.29) is 11.6 Å². The van der Waals surface area contributed by atoms with E-state index in [0.717, 1.165) is 0 Å². The molecule has 1 aromatic heterocycles. The minimum atomic E-state index is -0.441. The Kier molecular flexibility index (Phi) is 3.72. The van der Waals surface area contributed by atoms with Gasteiger partial charge in [-0.1, -0.05) is 16.8 Å². The van der Waals surface area contributed by atoms with Crippen molar-refractivity contribution in [3.05, 3.63) is 52.9 Å². The van der Waals surface area contributed by atoms with Crippen LogP contribution in [0.1, 0.15) is 16.1 Å². The fourth-order valence-corrected chi connectivity index (χ4v) is 1.59. The molecule has 0 unspecified atom stereocenters. The summed E-state index contributed by atoms with van der Waals surface area (Å²) in [5, 5.41) is 14.4. The molecule has 0 bridgehead atoms. The van der Waals surface area contributed by atoms with Crippen molar-refractivity contribution in [3.8, 4) is 0 Å². The molecule has 0 aliphatic carbocycles. The number of nitrogens with two attached hydrogens (primary N) is 1. The van der Waals surface area contributed by atoms with E-state index < -0.39 is 5.91 Å². The van der Waals surface area contributed by atoms with E-state index in [1.54, 1.807) is 12.1 Å². The number of anilines is 1. The standard InChI is InChI=1S/C12H10ClN3O3/c13-8-4-3-7(11(14)16-18)6-9(8)15-12(17)10-2-1-5-19-10/h1-6,18H,(H2,14,16)(H,15,17). The summed E-state index contributed by atoms with van der Waals surface area (Å²) in [6, 6.07) is 7.73. The van der Waals surface area contributed by atoms with Crippen molar-refractivity contribution in [2.45, 2.75) is 0 Å². The summed E-state index contributed by atoms with van der Waals surface area (Å²) in [6.07, 6.45) is 1.39. The maximum atomic E-state index is 11.8. The number of hydrogen-bond donors (Lipinski definition) is 3. The number of carbonyl (C=O) groups excluding carboxylic acids is 1. The van der Waals surface area contributed by atoms with Gasteiger partial charge in [-0.05, 0) is 30.3 Å². The minimum Gasteiger partial charge on any atom is -0.459 e. The summed E-state index contributed by atoms with van der Waals surface area (Å²) < 4.78 is 4.96. The molecule has 0 radical (unpaired) electrons. The maximum Gasteiger partial charge on any atom is 0.291 e. The van der Waals surface area contributed by atoms with Gasteiger partial charge in [-0.3, -0.25) is 4.79 Å². The van der Waals surface area contributed by atoms with Crippen LogP contribution in [-0.4, -0.2) is 17.0 Å². The van der Waals surface area contributed by atoms with Gasteiger partial charge in [-0.2, -0.15) is 0 Å². The lowest BCUT2D eigenvalue weighted by Gasteiger charge is -2.07. The molecule has 1 heterocycles. The summed E-state index contributed by atoms with van der Waals surface area (Å²) >= 11 is 5.96. The van der Waals surface area contributed by atoms with Crippen LogP contribution in [0, 0.1) is 0 Å². The number of carbonyl (C=O) groups is 1. The second-order valence-electron chi connectivity index (χ2n) is 3.61. The lowest BCUT2D eigenvalue weighted by molar-refractivity contribution is 0.0996. The van der Waals surface area contributed by atoms with Crippen LogP contribution in [0.5, 0.6) is 0 Å². The second kappa shape index (κ2) is 5.45.